The van der Waals surface area contributed by atoms with Gasteiger partial charge < -0.3 is 25.2 Å². The van der Waals surface area contributed by atoms with Gasteiger partial charge in [0.2, 0.25) is 0 Å². The summed E-state index contributed by atoms with van der Waals surface area (Å²) in [5.74, 6) is 0. The van der Waals surface area contributed by atoms with E-state index in [1.807, 2.05) is 0 Å². The van der Waals surface area contributed by atoms with Crippen molar-refractivity contribution in [2.24, 2.45) is 10.8 Å². The van der Waals surface area contributed by atoms with Gasteiger partial charge in [0.1, 0.15) is 0 Å². The van der Waals surface area contributed by atoms with E-state index in [-0.39, 0.29) is 39.6 Å². The molecule has 0 unspecified atom stereocenters. The van der Waals surface area contributed by atoms with E-state index >= 15 is 0 Å². The summed E-state index contributed by atoms with van der Waals surface area (Å²) >= 11 is 0. The molecule has 14 heavy (non-hydrogen) atoms. The molecule has 1 aliphatic heterocycles. The molecule has 4 N–H and O–H groups in total. The van der Waals surface area contributed by atoms with Gasteiger partial charge in [-0.15, -0.1) is 0 Å². The van der Waals surface area contributed by atoms with Gasteiger partial charge in [-0.2, -0.15) is 0 Å². The van der Waals surface area contributed by atoms with E-state index < -0.39 is 10.8 Å². The lowest BCUT2D eigenvalue weighted by Gasteiger charge is -2.44. The Bertz CT molecular complexity index is 156. The van der Waals surface area contributed by atoms with E-state index in [0.717, 1.165) is 0 Å². The largest absolute Gasteiger partial charge is 0.396 e. The van der Waals surface area contributed by atoms with E-state index in [1.54, 1.807) is 0 Å². The molecule has 1 heterocycles. The number of ether oxygens (including phenoxy) is 1. The van der Waals surface area contributed by atoms with E-state index in [4.69, 9.17) is 25.2 Å². The highest BCUT2D eigenvalue weighted by molar-refractivity contribution is 4.92. The van der Waals surface area contributed by atoms with Gasteiger partial charge in [-0.05, 0) is 6.42 Å². The Morgan fingerprint density at radius 3 is 1.43 bits per heavy atom. The van der Waals surface area contributed by atoms with E-state index in [1.165, 1.54) is 0 Å². The fourth-order valence-corrected chi connectivity index (χ4v) is 1.89. The Hall–Kier alpha value is -0.200. The number of hydrogen-bond donors (Lipinski definition) is 4. The number of hydrogen-bond acceptors (Lipinski definition) is 5. The summed E-state index contributed by atoms with van der Waals surface area (Å²) < 4.78 is 5.22. The van der Waals surface area contributed by atoms with Gasteiger partial charge in [0, 0.05) is 10.8 Å². The van der Waals surface area contributed by atoms with Crippen molar-refractivity contribution in [2.75, 3.05) is 39.6 Å². The molecule has 0 aromatic heterocycles. The third-order valence-corrected chi connectivity index (χ3v) is 2.91. The first kappa shape index (κ1) is 11.9. The van der Waals surface area contributed by atoms with Crippen molar-refractivity contribution in [3.63, 3.8) is 0 Å². The van der Waals surface area contributed by atoms with E-state index in [9.17, 15) is 0 Å². The first-order chi connectivity index (χ1) is 6.66. The van der Waals surface area contributed by atoms with Crippen LogP contribution in [-0.2, 0) is 4.74 Å². The van der Waals surface area contributed by atoms with Crippen LogP contribution >= 0.6 is 0 Å². The van der Waals surface area contributed by atoms with Crippen molar-refractivity contribution in [3.05, 3.63) is 0 Å². The third kappa shape index (κ3) is 2.07. The second-order valence-corrected chi connectivity index (χ2v) is 4.30. The Labute approximate surface area is 82.9 Å². The fraction of sp³-hybridized carbons (Fsp3) is 1.00. The lowest BCUT2D eigenvalue weighted by atomic mass is 9.71. The SMILES string of the molecule is OCC1(CO)COCC(CO)(CO)C1. The van der Waals surface area contributed by atoms with Gasteiger partial charge >= 0.3 is 0 Å². The molecule has 0 bridgehead atoms. The molecule has 1 aliphatic rings. The lowest BCUT2D eigenvalue weighted by molar-refractivity contribution is -0.153. The van der Waals surface area contributed by atoms with Crippen LogP contribution in [0.5, 0.6) is 0 Å². The highest BCUT2D eigenvalue weighted by atomic mass is 16.5. The van der Waals surface area contributed by atoms with Crippen molar-refractivity contribution in [1.82, 2.24) is 0 Å². The monoisotopic (exact) mass is 206 g/mol. The molecule has 5 nitrogen and oxygen atoms in total. The third-order valence-electron chi connectivity index (χ3n) is 2.91. The van der Waals surface area contributed by atoms with E-state index in [2.05, 4.69) is 0 Å². The second-order valence-electron chi connectivity index (χ2n) is 4.30. The zero-order valence-corrected chi connectivity index (χ0v) is 8.15. The summed E-state index contributed by atoms with van der Waals surface area (Å²) in [6.07, 6.45) is 0.375. The molecular weight excluding hydrogens is 188 g/mol. The maximum atomic E-state index is 9.16. The normalized spacial score (nSPS) is 24.9. The summed E-state index contributed by atoms with van der Waals surface area (Å²) in [6, 6.07) is 0. The molecule has 0 atom stereocenters. The minimum Gasteiger partial charge on any atom is -0.396 e. The predicted molar refractivity (Wildman–Crippen MR) is 48.6 cm³/mol. The summed E-state index contributed by atoms with van der Waals surface area (Å²) in [5, 5.41) is 36.6. The Morgan fingerprint density at radius 1 is 0.786 bits per heavy atom. The molecule has 0 aliphatic carbocycles. The molecule has 1 fully saturated rings. The minimum atomic E-state index is -0.732. The first-order valence-corrected chi connectivity index (χ1v) is 4.67. The number of aliphatic hydroxyl groups is 4. The Kier molecular flexibility index (Phi) is 3.86. The van der Waals surface area contributed by atoms with Gasteiger partial charge in [0.05, 0.1) is 39.6 Å². The van der Waals surface area contributed by atoms with Crippen molar-refractivity contribution < 1.29 is 25.2 Å². The molecular formula is C9H18O5. The molecule has 0 aromatic carbocycles. The fourth-order valence-electron chi connectivity index (χ4n) is 1.89. The van der Waals surface area contributed by atoms with Crippen LogP contribution in [0.4, 0.5) is 0 Å². The van der Waals surface area contributed by atoms with Crippen molar-refractivity contribution in [2.45, 2.75) is 6.42 Å². The molecule has 1 saturated heterocycles. The average molecular weight is 206 g/mol. The zero-order valence-electron chi connectivity index (χ0n) is 8.15. The van der Waals surface area contributed by atoms with Crippen LogP contribution in [0, 0.1) is 10.8 Å². The molecule has 0 spiro atoms. The molecule has 0 radical (unpaired) electrons. The standard InChI is InChI=1S/C9H18O5/c10-2-8(3-11)1-9(4-12,5-13)7-14-6-8/h10-13H,1-7H2. The number of rotatable bonds is 4. The highest BCUT2D eigenvalue weighted by Gasteiger charge is 2.44. The average Bonchev–Trinajstić information content (AvgIpc) is 2.29. The summed E-state index contributed by atoms with van der Waals surface area (Å²) in [4.78, 5) is 0. The van der Waals surface area contributed by atoms with Gasteiger partial charge in [-0.1, -0.05) is 0 Å². The maximum absolute atomic E-state index is 9.16. The molecule has 5 heteroatoms. The van der Waals surface area contributed by atoms with Crippen LogP contribution in [0.25, 0.3) is 0 Å². The number of aliphatic hydroxyl groups excluding tert-OH is 4. The molecule has 84 valence electrons. The van der Waals surface area contributed by atoms with Gasteiger partial charge in [-0.25, -0.2) is 0 Å². The van der Waals surface area contributed by atoms with Crippen LogP contribution in [0.1, 0.15) is 6.42 Å². The topological polar surface area (TPSA) is 90.2 Å². The van der Waals surface area contributed by atoms with Crippen LogP contribution in [-0.4, -0.2) is 60.1 Å². The summed E-state index contributed by atoms with van der Waals surface area (Å²) in [5.41, 5.74) is -1.46. The van der Waals surface area contributed by atoms with Gasteiger partial charge in [0.25, 0.3) is 0 Å². The van der Waals surface area contributed by atoms with Gasteiger partial charge in [-0.3, -0.25) is 0 Å². The zero-order chi connectivity index (χ0) is 10.7. The van der Waals surface area contributed by atoms with Crippen LogP contribution in [0.2, 0.25) is 0 Å². The quantitative estimate of drug-likeness (QED) is 0.442. The van der Waals surface area contributed by atoms with Crippen molar-refractivity contribution in [3.8, 4) is 0 Å². The second kappa shape index (κ2) is 4.55. The Balaban J connectivity index is 2.75. The minimum absolute atomic E-state index is 0.203. The Morgan fingerprint density at radius 2 is 1.14 bits per heavy atom. The maximum Gasteiger partial charge on any atom is 0.0567 e. The lowest BCUT2D eigenvalue weighted by Crippen LogP contribution is -2.51. The molecule has 0 aromatic rings. The van der Waals surface area contributed by atoms with Crippen LogP contribution in [0.3, 0.4) is 0 Å². The summed E-state index contributed by atoms with van der Waals surface area (Å²) in [6.45, 7) is -0.281. The first-order valence-electron chi connectivity index (χ1n) is 4.67. The molecule has 0 saturated carbocycles. The predicted octanol–water partition coefficient (Wildman–Crippen LogP) is -1.65. The van der Waals surface area contributed by atoms with Gasteiger partial charge in [0.15, 0.2) is 0 Å². The smallest absolute Gasteiger partial charge is 0.0567 e. The van der Waals surface area contributed by atoms with Crippen LogP contribution < -0.4 is 0 Å². The van der Waals surface area contributed by atoms with Crippen LogP contribution in [0.15, 0.2) is 0 Å². The molecule has 0 amide bonds. The highest BCUT2D eigenvalue weighted by Crippen LogP contribution is 2.38. The molecule has 1 rings (SSSR count). The van der Waals surface area contributed by atoms with Crippen molar-refractivity contribution >= 4 is 0 Å². The van der Waals surface area contributed by atoms with E-state index in [0.29, 0.717) is 6.42 Å². The summed E-state index contributed by atoms with van der Waals surface area (Å²) in [7, 11) is 0. The van der Waals surface area contributed by atoms with Crippen molar-refractivity contribution in [1.29, 1.82) is 0 Å².